The summed E-state index contributed by atoms with van der Waals surface area (Å²) in [6, 6.07) is 6.55. The summed E-state index contributed by atoms with van der Waals surface area (Å²) >= 11 is 0. The summed E-state index contributed by atoms with van der Waals surface area (Å²) < 4.78 is 2.21. The first-order valence-corrected chi connectivity index (χ1v) is 6.26. The molecule has 92 valence electrons. The van der Waals surface area contributed by atoms with Gasteiger partial charge in [0.05, 0.1) is 36.5 Å². The van der Waals surface area contributed by atoms with E-state index in [1.807, 2.05) is 13.3 Å². The van der Waals surface area contributed by atoms with Gasteiger partial charge in [-0.1, -0.05) is 23.8 Å². The van der Waals surface area contributed by atoms with Crippen LogP contribution in [0, 0.1) is 20.8 Å². The molecule has 0 aliphatic carbocycles. The lowest BCUT2D eigenvalue weighted by molar-refractivity contribution is 0.740. The SMILES string of the molecule is Cc1ccc(C2=NCc3c(C)ncn3C2)c(C)c1. The lowest BCUT2D eigenvalue weighted by atomic mass is 10.0. The number of aliphatic imine (C=N–C) groups is 1. The van der Waals surface area contributed by atoms with Crippen LogP contribution < -0.4 is 0 Å². The van der Waals surface area contributed by atoms with Crippen LogP contribution >= 0.6 is 0 Å². The average molecular weight is 239 g/mol. The molecule has 0 radical (unpaired) electrons. The van der Waals surface area contributed by atoms with Crippen molar-refractivity contribution in [2.75, 3.05) is 0 Å². The molecule has 0 amide bonds. The third-order valence-corrected chi connectivity index (χ3v) is 3.59. The van der Waals surface area contributed by atoms with Crippen LogP contribution in [0.5, 0.6) is 0 Å². The van der Waals surface area contributed by atoms with Crippen molar-refractivity contribution in [1.82, 2.24) is 9.55 Å². The van der Waals surface area contributed by atoms with E-state index in [4.69, 9.17) is 4.99 Å². The van der Waals surface area contributed by atoms with E-state index in [-0.39, 0.29) is 0 Å². The predicted molar refractivity (Wildman–Crippen MR) is 73.1 cm³/mol. The summed E-state index contributed by atoms with van der Waals surface area (Å²) in [7, 11) is 0. The van der Waals surface area contributed by atoms with Crippen molar-refractivity contribution in [2.45, 2.75) is 33.9 Å². The van der Waals surface area contributed by atoms with Gasteiger partial charge < -0.3 is 4.57 Å². The fourth-order valence-electron chi connectivity index (χ4n) is 2.54. The number of aryl methyl sites for hydroxylation is 3. The van der Waals surface area contributed by atoms with E-state index in [1.54, 1.807) is 0 Å². The molecule has 0 N–H and O–H groups in total. The fourth-order valence-corrected chi connectivity index (χ4v) is 2.54. The Morgan fingerprint density at radius 1 is 1.17 bits per heavy atom. The number of aromatic nitrogens is 2. The second kappa shape index (κ2) is 4.09. The van der Waals surface area contributed by atoms with Gasteiger partial charge in [-0.15, -0.1) is 0 Å². The molecule has 1 aliphatic heterocycles. The number of benzene rings is 1. The van der Waals surface area contributed by atoms with Crippen molar-refractivity contribution >= 4 is 5.71 Å². The van der Waals surface area contributed by atoms with Gasteiger partial charge in [-0.2, -0.15) is 0 Å². The van der Waals surface area contributed by atoms with Crippen molar-refractivity contribution in [3.05, 3.63) is 52.6 Å². The minimum absolute atomic E-state index is 0.745. The molecule has 2 aromatic rings. The molecule has 0 atom stereocenters. The number of hydrogen-bond acceptors (Lipinski definition) is 2. The zero-order chi connectivity index (χ0) is 12.7. The van der Waals surface area contributed by atoms with Gasteiger partial charge in [-0.25, -0.2) is 4.98 Å². The summed E-state index contributed by atoms with van der Waals surface area (Å²) in [4.78, 5) is 9.07. The second-order valence-electron chi connectivity index (χ2n) is 4.99. The molecule has 0 saturated heterocycles. The largest absolute Gasteiger partial charge is 0.327 e. The van der Waals surface area contributed by atoms with Gasteiger partial charge in [0.15, 0.2) is 0 Å². The highest BCUT2D eigenvalue weighted by atomic mass is 15.1. The number of rotatable bonds is 1. The Morgan fingerprint density at radius 2 is 2.00 bits per heavy atom. The molecule has 0 bridgehead atoms. The average Bonchev–Trinajstić information content (AvgIpc) is 2.71. The highest BCUT2D eigenvalue weighted by molar-refractivity contribution is 6.02. The Labute approximate surface area is 107 Å². The van der Waals surface area contributed by atoms with Crippen LogP contribution in [0.1, 0.15) is 28.1 Å². The minimum atomic E-state index is 0.745. The van der Waals surface area contributed by atoms with Crippen LogP contribution in [0.15, 0.2) is 29.5 Å². The standard InChI is InChI=1S/C15H17N3/c1-10-4-5-13(11(2)6-10)14-8-18-9-17-12(3)15(18)7-16-14/h4-6,9H,7-8H2,1-3H3. The number of hydrogen-bond donors (Lipinski definition) is 0. The first kappa shape index (κ1) is 11.2. The van der Waals surface area contributed by atoms with E-state index < -0.39 is 0 Å². The van der Waals surface area contributed by atoms with Gasteiger partial charge >= 0.3 is 0 Å². The van der Waals surface area contributed by atoms with E-state index in [0.717, 1.165) is 24.5 Å². The normalized spacial score (nSPS) is 14.3. The van der Waals surface area contributed by atoms with Crippen LogP contribution in [-0.2, 0) is 13.1 Å². The van der Waals surface area contributed by atoms with Gasteiger partial charge in [-0.3, -0.25) is 4.99 Å². The first-order chi connectivity index (χ1) is 8.65. The lowest BCUT2D eigenvalue weighted by Crippen LogP contribution is -2.19. The third-order valence-electron chi connectivity index (χ3n) is 3.59. The predicted octanol–water partition coefficient (Wildman–Crippen LogP) is 2.81. The van der Waals surface area contributed by atoms with Crippen molar-refractivity contribution in [1.29, 1.82) is 0 Å². The van der Waals surface area contributed by atoms with Crippen LogP contribution in [-0.4, -0.2) is 15.3 Å². The Morgan fingerprint density at radius 3 is 2.78 bits per heavy atom. The second-order valence-corrected chi connectivity index (χ2v) is 4.99. The zero-order valence-electron chi connectivity index (χ0n) is 11.1. The molecular formula is C15H17N3. The smallest absolute Gasteiger partial charge is 0.0955 e. The van der Waals surface area contributed by atoms with Crippen molar-refractivity contribution in [2.24, 2.45) is 4.99 Å². The summed E-state index contributed by atoms with van der Waals surface area (Å²) in [6.07, 6.45) is 1.92. The molecule has 0 unspecified atom stereocenters. The maximum absolute atomic E-state index is 4.72. The van der Waals surface area contributed by atoms with E-state index >= 15 is 0 Å². The molecule has 1 aliphatic rings. The molecule has 1 aromatic carbocycles. The fraction of sp³-hybridized carbons (Fsp3) is 0.333. The Balaban J connectivity index is 1.98. The van der Waals surface area contributed by atoms with Crippen LogP contribution in [0.25, 0.3) is 0 Å². The van der Waals surface area contributed by atoms with E-state index in [1.165, 1.54) is 22.4 Å². The minimum Gasteiger partial charge on any atom is -0.327 e. The quantitative estimate of drug-likeness (QED) is 0.752. The number of fused-ring (bicyclic) bond motifs is 1. The van der Waals surface area contributed by atoms with Crippen molar-refractivity contribution < 1.29 is 0 Å². The summed E-state index contributed by atoms with van der Waals surface area (Å²) in [5.74, 6) is 0. The van der Waals surface area contributed by atoms with Gasteiger partial charge in [0.1, 0.15) is 0 Å². The number of nitrogens with zero attached hydrogens (tertiary/aromatic N) is 3. The van der Waals surface area contributed by atoms with Gasteiger partial charge in [0, 0.05) is 5.56 Å². The monoisotopic (exact) mass is 239 g/mol. The molecule has 0 saturated carbocycles. The zero-order valence-corrected chi connectivity index (χ0v) is 11.1. The molecule has 2 heterocycles. The highest BCUT2D eigenvalue weighted by Gasteiger charge is 2.16. The van der Waals surface area contributed by atoms with Crippen molar-refractivity contribution in [3.63, 3.8) is 0 Å². The van der Waals surface area contributed by atoms with Crippen LogP contribution in [0.3, 0.4) is 0 Å². The van der Waals surface area contributed by atoms with Crippen LogP contribution in [0.2, 0.25) is 0 Å². The third kappa shape index (κ3) is 1.76. The summed E-state index contributed by atoms with van der Waals surface area (Å²) in [5.41, 5.74) is 7.36. The van der Waals surface area contributed by atoms with E-state index in [2.05, 4.69) is 41.6 Å². The molecule has 3 nitrogen and oxygen atoms in total. The molecule has 3 rings (SSSR count). The van der Waals surface area contributed by atoms with Crippen LogP contribution in [0.4, 0.5) is 0 Å². The Kier molecular flexibility index (Phi) is 2.54. The molecule has 1 aromatic heterocycles. The van der Waals surface area contributed by atoms with E-state index in [9.17, 15) is 0 Å². The van der Waals surface area contributed by atoms with Gasteiger partial charge in [0.2, 0.25) is 0 Å². The number of imidazole rings is 1. The topological polar surface area (TPSA) is 30.2 Å². The first-order valence-electron chi connectivity index (χ1n) is 6.26. The Hall–Kier alpha value is -1.90. The molecule has 18 heavy (non-hydrogen) atoms. The maximum atomic E-state index is 4.72. The van der Waals surface area contributed by atoms with Crippen molar-refractivity contribution in [3.8, 4) is 0 Å². The molecular weight excluding hydrogens is 222 g/mol. The molecule has 3 heteroatoms. The Bertz CT molecular complexity index is 635. The summed E-state index contributed by atoms with van der Waals surface area (Å²) in [6.45, 7) is 7.90. The maximum Gasteiger partial charge on any atom is 0.0955 e. The van der Waals surface area contributed by atoms with Gasteiger partial charge in [-0.05, 0) is 26.3 Å². The van der Waals surface area contributed by atoms with Gasteiger partial charge in [0.25, 0.3) is 0 Å². The molecule has 0 fully saturated rings. The summed E-state index contributed by atoms with van der Waals surface area (Å²) in [5, 5.41) is 0. The van der Waals surface area contributed by atoms with E-state index in [0.29, 0.717) is 0 Å². The lowest BCUT2D eigenvalue weighted by Gasteiger charge is -2.18. The molecule has 0 spiro atoms. The highest BCUT2D eigenvalue weighted by Crippen LogP contribution is 2.19.